The van der Waals surface area contributed by atoms with Crippen LogP contribution in [0.1, 0.15) is 39.0 Å². The summed E-state index contributed by atoms with van der Waals surface area (Å²) in [5.74, 6) is -2.31. The monoisotopic (exact) mass is 410 g/mol. The van der Waals surface area contributed by atoms with Gasteiger partial charge in [-0.2, -0.15) is 4.72 Å². The van der Waals surface area contributed by atoms with Crippen molar-refractivity contribution < 1.29 is 31.9 Å². The predicted octanol–water partition coefficient (Wildman–Crippen LogP) is 1.68. The van der Waals surface area contributed by atoms with E-state index in [0.717, 1.165) is 24.3 Å². The van der Waals surface area contributed by atoms with E-state index in [0.29, 0.717) is 16.8 Å². The minimum Gasteiger partial charge on any atom is -0.456 e. The van der Waals surface area contributed by atoms with Crippen LogP contribution in [-0.4, -0.2) is 44.1 Å². The van der Waals surface area contributed by atoms with Crippen LogP contribution >= 0.6 is 0 Å². The molecule has 2 aromatic rings. The van der Waals surface area contributed by atoms with Crippen molar-refractivity contribution in [1.82, 2.24) is 9.71 Å². The highest BCUT2D eigenvalue weighted by Gasteiger charge is 2.21. The molecule has 0 spiro atoms. The molecule has 1 aromatic heterocycles. The Balaban J connectivity index is 1.94. The van der Waals surface area contributed by atoms with E-state index in [1.54, 1.807) is 13.8 Å². The van der Waals surface area contributed by atoms with Crippen LogP contribution < -0.4 is 4.72 Å². The van der Waals surface area contributed by atoms with Gasteiger partial charge in [0.25, 0.3) is 0 Å². The lowest BCUT2D eigenvalue weighted by Gasteiger charge is -2.07. The zero-order chi connectivity index (χ0) is 21.1. The molecular weight excluding hydrogens is 391 g/mol. The maximum atomic E-state index is 12.9. The van der Waals surface area contributed by atoms with Crippen LogP contribution in [0, 0.1) is 19.7 Å². The molecule has 0 bridgehead atoms. The number of benzene rings is 1. The van der Waals surface area contributed by atoms with E-state index in [4.69, 9.17) is 4.74 Å². The van der Waals surface area contributed by atoms with E-state index >= 15 is 0 Å². The number of Topliss-reactive ketones (excluding diaryl/α,β-unsaturated/α-hetero) is 2. The zero-order valence-electron chi connectivity index (χ0n) is 15.5. The number of aromatic amines is 1. The first-order chi connectivity index (χ1) is 13.0. The second-order valence-electron chi connectivity index (χ2n) is 6.04. The highest BCUT2D eigenvalue weighted by atomic mass is 32.2. The minimum atomic E-state index is -4.03. The van der Waals surface area contributed by atoms with Crippen molar-refractivity contribution in [3.8, 4) is 0 Å². The van der Waals surface area contributed by atoms with Gasteiger partial charge in [0.1, 0.15) is 12.4 Å². The number of hydrogen-bond donors (Lipinski definition) is 2. The molecule has 2 rings (SSSR count). The largest absolute Gasteiger partial charge is 0.456 e. The molecule has 0 atom stereocenters. The maximum absolute atomic E-state index is 12.9. The van der Waals surface area contributed by atoms with E-state index in [1.807, 2.05) is 4.72 Å². The number of H-pyrrole nitrogens is 1. The smallest absolute Gasteiger partial charge is 0.321 e. The Morgan fingerprint density at radius 1 is 1.14 bits per heavy atom. The predicted molar refractivity (Wildman–Crippen MR) is 97.1 cm³/mol. The topological polar surface area (TPSA) is 122 Å². The van der Waals surface area contributed by atoms with Gasteiger partial charge in [-0.15, -0.1) is 0 Å². The Bertz CT molecular complexity index is 1030. The number of carbonyl (C=O) groups excluding carboxylic acids is 3. The Hall–Kier alpha value is -2.85. The molecule has 2 N–H and O–H groups in total. The van der Waals surface area contributed by atoms with Crippen molar-refractivity contribution in [2.75, 3.05) is 13.2 Å². The average Bonchev–Trinajstić information content (AvgIpc) is 2.93. The molecule has 10 heteroatoms. The molecule has 8 nitrogen and oxygen atoms in total. The maximum Gasteiger partial charge on any atom is 0.321 e. The number of aryl methyl sites for hydroxylation is 1. The number of ether oxygens (including phenoxy) is 1. The number of halogens is 1. The van der Waals surface area contributed by atoms with Crippen LogP contribution in [0.15, 0.2) is 29.2 Å². The third-order valence-corrected chi connectivity index (χ3v) is 5.38. The molecular formula is C18H19FN2O6S. The number of ketones is 2. The van der Waals surface area contributed by atoms with Gasteiger partial charge in [-0.25, -0.2) is 12.8 Å². The van der Waals surface area contributed by atoms with Gasteiger partial charge in [0.15, 0.2) is 12.4 Å². The van der Waals surface area contributed by atoms with Gasteiger partial charge >= 0.3 is 5.97 Å². The number of esters is 1. The Kier molecular flexibility index (Phi) is 6.47. The second kappa shape index (κ2) is 8.44. The van der Waals surface area contributed by atoms with E-state index in [1.165, 1.54) is 6.92 Å². The number of nitrogens with one attached hydrogen (secondary N) is 2. The first kappa shape index (κ1) is 21.5. The minimum absolute atomic E-state index is 0.155. The first-order valence-electron chi connectivity index (χ1n) is 8.17. The van der Waals surface area contributed by atoms with Crippen molar-refractivity contribution in [3.05, 3.63) is 52.6 Å². The lowest BCUT2D eigenvalue weighted by molar-refractivity contribution is -0.141. The lowest BCUT2D eigenvalue weighted by atomic mass is 10.1. The molecule has 0 saturated carbocycles. The van der Waals surface area contributed by atoms with Gasteiger partial charge in [-0.3, -0.25) is 14.4 Å². The molecule has 150 valence electrons. The summed E-state index contributed by atoms with van der Waals surface area (Å²) in [4.78, 5) is 38.2. The fourth-order valence-corrected chi connectivity index (χ4v) is 3.65. The summed E-state index contributed by atoms with van der Waals surface area (Å²) in [6.07, 6.45) is 0. The molecule has 1 aromatic carbocycles. The molecule has 1 heterocycles. The van der Waals surface area contributed by atoms with Crippen molar-refractivity contribution in [2.45, 2.75) is 25.7 Å². The van der Waals surface area contributed by atoms with Gasteiger partial charge in [0, 0.05) is 11.3 Å². The van der Waals surface area contributed by atoms with Crippen LogP contribution in [0.4, 0.5) is 4.39 Å². The van der Waals surface area contributed by atoms with Gasteiger partial charge < -0.3 is 9.72 Å². The molecule has 0 amide bonds. The third kappa shape index (κ3) is 4.90. The Morgan fingerprint density at radius 2 is 1.75 bits per heavy atom. The van der Waals surface area contributed by atoms with Crippen molar-refractivity contribution in [2.24, 2.45) is 0 Å². The summed E-state index contributed by atoms with van der Waals surface area (Å²) in [5, 5.41) is 0. The van der Waals surface area contributed by atoms with E-state index in [2.05, 4.69) is 4.98 Å². The van der Waals surface area contributed by atoms with Gasteiger partial charge in [0.2, 0.25) is 15.8 Å². The Morgan fingerprint density at radius 3 is 2.29 bits per heavy atom. The highest BCUT2D eigenvalue weighted by molar-refractivity contribution is 7.89. The summed E-state index contributed by atoms with van der Waals surface area (Å²) >= 11 is 0. The quantitative estimate of drug-likeness (QED) is 0.504. The fourth-order valence-electron chi connectivity index (χ4n) is 2.68. The molecule has 28 heavy (non-hydrogen) atoms. The summed E-state index contributed by atoms with van der Waals surface area (Å²) < 4.78 is 43.7. The normalized spacial score (nSPS) is 11.3. The van der Waals surface area contributed by atoms with Crippen LogP contribution in [0.2, 0.25) is 0 Å². The molecule has 0 saturated heterocycles. The molecule has 0 fully saturated rings. The first-order valence-corrected chi connectivity index (χ1v) is 9.65. The average molecular weight is 410 g/mol. The molecule has 0 aliphatic rings. The van der Waals surface area contributed by atoms with E-state index in [9.17, 15) is 27.2 Å². The SMILES string of the molecule is CC(=O)c1c(C)[nH]c(C(=O)COC(=O)CNS(=O)(=O)c2ccc(F)cc2)c1C. The van der Waals surface area contributed by atoms with E-state index in [-0.39, 0.29) is 16.4 Å². The van der Waals surface area contributed by atoms with Gasteiger partial charge in [-0.1, -0.05) is 0 Å². The number of aromatic nitrogens is 1. The number of sulfonamides is 1. The lowest BCUT2D eigenvalue weighted by Crippen LogP contribution is -2.31. The van der Waals surface area contributed by atoms with Gasteiger partial charge in [0.05, 0.1) is 10.6 Å². The van der Waals surface area contributed by atoms with Crippen molar-refractivity contribution in [3.63, 3.8) is 0 Å². The second-order valence-corrected chi connectivity index (χ2v) is 7.81. The molecule has 0 aliphatic heterocycles. The fraction of sp³-hybridized carbons (Fsp3) is 0.278. The van der Waals surface area contributed by atoms with E-state index < -0.39 is 40.7 Å². The van der Waals surface area contributed by atoms with Crippen LogP contribution in [-0.2, 0) is 19.6 Å². The summed E-state index contributed by atoms with van der Waals surface area (Å²) in [5.41, 5.74) is 1.55. The van der Waals surface area contributed by atoms with Crippen LogP contribution in [0.3, 0.4) is 0 Å². The zero-order valence-corrected chi connectivity index (χ0v) is 16.3. The van der Waals surface area contributed by atoms with Crippen LogP contribution in [0.25, 0.3) is 0 Å². The highest BCUT2D eigenvalue weighted by Crippen LogP contribution is 2.19. The summed E-state index contributed by atoms with van der Waals surface area (Å²) in [6.45, 7) is 3.32. The number of carbonyl (C=O) groups is 3. The summed E-state index contributed by atoms with van der Waals surface area (Å²) in [7, 11) is -4.03. The summed E-state index contributed by atoms with van der Waals surface area (Å²) in [6, 6.07) is 4.05. The number of hydrogen-bond acceptors (Lipinski definition) is 6. The molecule has 0 aliphatic carbocycles. The number of rotatable bonds is 8. The van der Waals surface area contributed by atoms with Crippen LogP contribution in [0.5, 0.6) is 0 Å². The third-order valence-electron chi connectivity index (χ3n) is 3.96. The molecule has 0 unspecified atom stereocenters. The standard InChI is InChI=1S/C18H19FN2O6S/c1-10-17(12(3)22)11(2)21-18(10)15(23)9-27-16(24)8-20-28(25,26)14-6-4-13(19)5-7-14/h4-7,20-21H,8-9H2,1-3H3. The van der Waals surface area contributed by atoms with Gasteiger partial charge in [-0.05, 0) is 50.6 Å². The Labute approximate surface area is 161 Å². The van der Waals surface area contributed by atoms with Crippen molar-refractivity contribution >= 4 is 27.6 Å². The van der Waals surface area contributed by atoms with Crippen molar-refractivity contribution in [1.29, 1.82) is 0 Å². The molecule has 0 radical (unpaired) electrons.